The van der Waals surface area contributed by atoms with Gasteiger partial charge in [0, 0.05) is 5.02 Å². The van der Waals surface area contributed by atoms with Gasteiger partial charge < -0.3 is 14.2 Å². The third-order valence-corrected chi connectivity index (χ3v) is 3.68. The number of hydrogen-bond donors (Lipinski definition) is 0. The predicted octanol–water partition coefficient (Wildman–Crippen LogP) is 5.62. The molecule has 0 aromatic heterocycles. The molecule has 3 nitrogen and oxygen atoms in total. The normalized spacial score (nSPS) is 10.8. The fraction of sp³-hybridized carbons (Fsp3) is 0.300. The topological polar surface area (TPSA) is 27.7 Å². The summed E-state index contributed by atoms with van der Waals surface area (Å²) in [6.45, 7) is 3.27. The van der Waals surface area contributed by atoms with Gasteiger partial charge in [-0.2, -0.15) is 0 Å². The first-order valence-electron chi connectivity index (χ1n) is 8.05. The highest BCUT2D eigenvalue weighted by Crippen LogP contribution is 2.28. The lowest BCUT2D eigenvalue weighted by Crippen LogP contribution is -2.03. The largest absolute Gasteiger partial charge is 0.494 e. The maximum absolute atomic E-state index is 5.84. The van der Waals surface area contributed by atoms with Gasteiger partial charge in [-0.3, -0.25) is 0 Å². The molecule has 0 saturated heterocycles. The van der Waals surface area contributed by atoms with Crippen LogP contribution in [-0.4, -0.2) is 20.3 Å². The molecule has 2 aromatic rings. The van der Waals surface area contributed by atoms with E-state index in [1.807, 2.05) is 61.5 Å². The molecule has 0 bridgehead atoms. The maximum atomic E-state index is 5.84. The number of halogens is 1. The standard InChI is InChI=1S/C20H23ClO3/c1-3-6-16-7-12-19(20(15-16)22-2)24-14-5-4-13-23-18-10-8-17(21)9-11-18/h3,6-12,15H,4-5,13-14H2,1-2H3. The first-order valence-corrected chi connectivity index (χ1v) is 8.42. The number of unbranched alkanes of at least 4 members (excludes halogenated alkanes) is 1. The second kappa shape index (κ2) is 9.89. The van der Waals surface area contributed by atoms with Crippen molar-refractivity contribution >= 4 is 17.7 Å². The zero-order valence-electron chi connectivity index (χ0n) is 14.1. The van der Waals surface area contributed by atoms with Crippen LogP contribution in [0.4, 0.5) is 0 Å². The Morgan fingerprint density at radius 3 is 2.29 bits per heavy atom. The second-order valence-corrected chi connectivity index (χ2v) is 5.70. The van der Waals surface area contributed by atoms with Gasteiger partial charge in [-0.1, -0.05) is 29.8 Å². The lowest BCUT2D eigenvalue weighted by Gasteiger charge is -2.11. The van der Waals surface area contributed by atoms with Crippen molar-refractivity contribution in [3.05, 3.63) is 59.1 Å². The van der Waals surface area contributed by atoms with Gasteiger partial charge in [0.25, 0.3) is 0 Å². The number of ether oxygens (including phenoxy) is 3. The molecule has 4 heteroatoms. The summed E-state index contributed by atoms with van der Waals surface area (Å²) >= 11 is 5.84. The van der Waals surface area contributed by atoms with Gasteiger partial charge in [0.05, 0.1) is 20.3 Å². The zero-order valence-corrected chi connectivity index (χ0v) is 14.9. The molecule has 0 N–H and O–H groups in total. The number of benzene rings is 2. The minimum absolute atomic E-state index is 0.628. The average molecular weight is 347 g/mol. The van der Waals surface area contributed by atoms with Crippen LogP contribution in [0.25, 0.3) is 6.08 Å². The molecular weight excluding hydrogens is 324 g/mol. The van der Waals surface area contributed by atoms with E-state index in [0.717, 1.165) is 35.7 Å². The Bertz CT molecular complexity index is 650. The quantitative estimate of drug-likeness (QED) is 0.551. The van der Waals surface area contributed by atoms with Crippen molar-refractivity contribution in [2.75, 3.05) is 20.3 Å². The Kier molecular flexibility index (Phi) is 7.50. The van der Waals surface area contributed by atoms with Gasteiger partial charge >= 0.3 is 0 Å². The summed E-state index contributed by atoms with van der Waals surface area (Å²) in [5.74, 6) is 2.36. The molecule has 0 saturated carbocycles. The Balaban J connectivity index is 1.71. The molecule has 0 spiro atoms. The molecule has 128 valence electrons. The van der Waals surface area contributed by atoms with E-state index in [4.69, 9.17) is 25.8 Å². The number of hydrogen-bond acceptors (Lipinski definition) is 3. The van der Waals surface area contributed by atoms with Crippen molar-refractivity contribution in [1.82, 2.24) is 0 Å². The van der Waals surface area contributed by atoms with E-state index < -0.39 is 0 Å². The van der Waals surface area contributed by atoms with Crippen molar-refractivity contribution in [3.8, 4) is 17.2 Å². The first-order chi connectivity index (χ1) is 11.7. The van der Waals surface area contributed by atoms with Gasteiger partial charge in [-0.25, -0.2) is 0 Å². The van der Waals surface area contributed by atoms with Crippen molar-refractivity contribution in [1.29, 1.82) is 0 Å². The van der Waals surface area contributed by atoms with Crippen LogP contribution in [0.15, 0.2) is 48.5 Å². The molecule has 0 unspecified atom stereocenters. The van der Waals surface area contributed by atoms with E-state index in [1.165, 1.54) is 0 Å². The van der Waals surface area contributed by atoms with Crippen LogP contribution < -0.4 is 14.2 Å². The van der Waals surface area contributed by atoms with E-state index in [-0.39, 0.29) is 0 Å². The van der Waals surface area contributed by atoms with E-state index in [0.29, 0.717) is 18.2 Å². The van der Waals surface area contributed by atoms with E-state index in [9.17, 15) is 0 Å². The first kappa shape index (κ1) is 18.2. The third-order valence-electron chi connectivity index (χ3n) is 3.43. The highest BCUT2D eigenvalue weighted by molar-refractivity contribution is 6.30. The minimum Gasteiger partial charge on any atom is -0.494 e. The summed E-state index contributed by atoms with van der Waals surface area (Å²) in [5.41, 5.74) is 1.10. The van der Waals surface area contributed by atoms with Crippen LogP contribution in [0.3, 0.4) is 0 Å². The molecule has 2 rings (SSSR count). The fourth-order valence-corrected chi connectivity index (χ4v) is 2.33. The third kappa shape index (κ3) is 5.82. The van der Waals surface area contributed by atoms with Crippen LogP contribution in [-0.2, 0) is 0 Å². The van der Waals surface area contributed by atoms with Crippen molar-refractivity contribution in [3.63, 3.8) is 0 Å². The molecular formula is C20H23ClO3. The van der Waals surface area contributed by atoms with Gasteiger partial charge in [0.15, 0.2) is 11.5 Å². The van der Waals surface area contributed by atoms with Crippen molar-refractivity contribution < 1.29 is 14.2 Å². The SMILES string of the molecule is CC=Cc1ccc(OCCCCOc2ccc(Cl)cc2)c(OC)c1. The summed E-state index contributed by atoms with van der Waals surface area (Å²) in [7, 11) is 1.65. The van der Waals surface area contributed by atoms with Crippen LogP contribution in [0.2, 0.25) is 5.02 Å². The lowest BCUT2D eigenvalue weighted by molar-refractivity contribution is 0.258. The second-order valence-electron chi connectivity index (χ2n) is 5.27. The molecule has 0 aliphatic heterocycles. The summed E-state index contributed by atoms with van der Waals surface area (Å²) in [6.07, 6.45) is 5.85. The fourth-order valence-electron chi connectivity index (χ4n) is 2.21. The molecule has 0 fully saturated rings. The van der Waals surface area contributed by atoms with Gasteiger partial charge in [-0.15, -0.1) is 0 Å². The van der Waals surface area contributed by atoms with Crippen molar-refractivity contribution in [2.45, 2.75) is 19.8 Å². The summed E-state index contributed by atoms with van der Waals surface area (Å²) in [4.78, 5) is 0. The molecule has 0 aliphatic rings. The van der Waals surface area contributed by atoms with Crippen LogP contribution in [0.1, 0.15) is 25.3 Å². The molecule has 0 aliphatic carbocycles. The lowest BCUT2D eigenvalue weighted by atomic mass is 10.2. The molecule has 24 heavy (non-hydrogen) atoms. The van der Waals surface area contributed by atoms with Crippen LogP contribution in [0, 0.1) is 0 Å². The van der Waals surface area contributed by atoms with Gasteiger partial charge in [-0.05, 0) is 61.7 Å². The minimum atomic E-state index is 0.628. The molecule has 0 heterocycles. The number of allylic oxidation sites excluding steroid dienone is 1. The van der Waals surface area contributed by atoms with E-state index in [2.05, 4.69) is 0 Å². The Morgan fingerprint density at radius 1 is 0.917 bits per heavy atom. The van der Waals surface area contributed by atoms with Crippen LogP contribution >= 0.6 is 11.6 Å². The summed E-state index contributed by atoms with van der Waals surface area (Å²) < 4.78 is 16.8. The smallest absolute Gasteiger partial charge is 0.161 e. The zero-order chi connectivity index (χ0) is 17.2. The van der Waals surface area contributed by atoms with Crippen LogP contribution in [0.5, 0.6) is 17.2 Å². The average Bonchev–Trinajstić information content (AvgIpc) is 2.60. The summed E-state index contributed by atoms with van der Waals surface area (Å²) in [5, 5.41) is 0.713. The highest BCUT2D eigenvalue weighted by Gasteiger charge is 2.04. The molecule has 0 amide bonds. The van der Waals surface area contributed by atoms with Crippen molar-refractivity contribution in [2.24, 2.45) is 0 Å². The summed E-state index contributed by atoms with van der Waals surface area (Å²) in [6, 6.07) is 13.3. The monoisotopic (exact) mass is 346 g/mol. The number of methoxy groups -OCH3 is 1. The predicted molar refractivity (Wildman–Crippen MR) is 99.4 cm³/mol. The Labute approximate surface area is 148 Å². The Morgan fingerprint density at radius 2 is 1.62 bits per heavy atom. The van der Waals surface area contributed by atoms with Gasteiger partial charge in [0.1, 0.15) is 5.75 Å². The van der Waals surface area contributed by atoms with E-state index in [1.54, 1.807) is 7.11 Å². The highest BCUT2D eigenvalue weighted by atomic mass is 35.5. The Hall–Kier alpha value is -2.13. The van der Waals surface area contributed by atoms with E-state index >= 15 is 0 Å². The van der Waals surface area contributed by atoms with Gasteiger partial charge in [0.2, 0.25) is 0 Å². The molecule has 2 aromatic carbocycles. The molecule has 0 atom stereocenters. The number of rotatable bonds is 9. The maximum Gasteiger partial charge on any atom is 0.161 e. The molecule has 0 radical (unpaired) electrons.